The molecular formula is C12H13BrFN5O2. The summed E-state index contributed by atoms with van der Waals surface area (Å²) in [7, 11) is 0. The van der Waals surface area contributed by atoms with E-state index in [1.807, 2.05) is 19.3 Å². The fourth-order valence-electron chi connectivity index (χ4n) is 1.53. The normalized spacial score (nSPS) is 11.8. The van der Waals surface area contributed by atoms with E-state index in [0.717, 1.165) is 0 Å². The van der Waals surface area contributed by atoms with Crippen LogP contribution in [0.15, 0.2) is 32.3 Å². The molecule has 0 aliphatic heterocycles. The molecule has 2 aromatic rings. The third kappa shape index (κ3) is 3.76. The molecule has 2 rings (SSSR count). The Hall–Kier alpha value is -2.00. The van der Waals surface area contributed by atoms with Gasteiger partial charge in [0.15, 0.2) is 11.5 Å². The molecular weight excluding hydrogens is 345 g/mol. The van der Waals surface area contributed by atoms with Crippen LogP contribution < -0.4 is 10.8 Å². The monoisotopic (exact) mass is 357 g/mol. The molecule has 112 valence electrons. The molecule has 9 heteroatoms. The van der Waals surface area contributed by atoms with Gasteiger partial charge in [-0.1, -0.05) is 0 Å². The predicted molar refractivity (Wildman–Crippen MR) is 78.3 cm³/mol. The Bertz CT molecular complexity index is 659. The number of benzene rings is 1. The van der Waals surface area contributed by atoms with Crippen LogP contribution in [0.3, 0.4) is 0 Å². The molecule has 0 saturated heterocycles. The second-order valence-corrected chi connectivity index (χ2v) is 5.29. The summed E-state index contributed by atoms with van der Waals surface area (Å²) in [6.07, 6.45) is 0. The summed E-state index contributed by atoms with van der Waals surface area (Å²) in [6, 6.07) is 4.28. The van der Waals surface area contributed by atoms with E-state index in [4.69, 9.17) is 0 Å². The first-order chi connectivity index (χ1) is 10.0. The summed E-state index contributed by atoms with van der Waals surface area (Å²) in [4.78, 5) is 4.15. The second kappa shape index (κ2) is 6.64. The molecule has 0 radical (unpaired) electrons. The van der Waals surface area contributed by atoms with E-state index in [-0.39, 0.29) is 22.0 Å². The first kappa shape index (κ1) is 15.4. The third-order valence-corrected chi connectivity index (χ3v) is 3.00. The number of hydroxylamine groups is 1. The van der Waals surface area contributed by atoms with Crippen LogP contribution in [0.1, 0.15) is 19.5 Å². The van der Waals surface area contributed by atoms with E-state index < -0.39 is 5.82 Å². The third-order valence-electron chi connectivity index (χ3n) is 2.39. The topological polar surface area (TPSA) is 95.6 Å². The maximum Gasteiger partial charge on any atom is 0.202 e. The highest BCUT2D eigenvalue weighted by Crippen LogP contribution is 2.23. The number of anilines is 1. The fourth-order valence-corrected chi connectivity index (χ4v) is 1.89. The van der Waals surface area contributed by atoms with E-state index >= 15 is 0 Å². The largest absolute Gasteiger partial charge is 0.363 e. The van der Waals surface area contributed by atoms with E-state index in [2.05, 4.69) is 41.2 Å². The van der Waals surface area contributed by atoms with Crippen molar-refractivity contribution in [3.63, 3.8) is 0 Å². The van der Waals surface area contributed by atoms with Crippen LogP contribution in [0.5, 0.6) is 0 Å². The zero-order valence-corrected chi connectivity index (χ0v) is 12.8. The lowest BCUT2D eigenvalue weighted by Crippen LogP contribution is -2.23. The summed E-state index contributed by atoms with van der Waals surface area (Å²) >= 11 is 3.07. The van der Waals surface area contributed by atoms with Crippen LogP contribution in [0.25, 0.3) is 0 Å². The molecule has 0 fully saturated rings. The van der Waals surface area contributed by atoms with E-state index in [1.54, 1.807) is 0 Å². The SMILES string of the molecule is CC(C)Nc1nonc1C(=Nc1ccc(F)c(Br)c1)NO. The summed E-state index contributed by atoms with van der Waals surface area (Å²) in [5.41, 5.74) is 2.57. The van der Waals surface area contributed by atoms with Crippen molar-refractivity contribution in [1.82, 2.24) is 15.8 Å². The van der Waals surface area contributed by atoms with Gasteiger partial charge in [0, 0.05) is 6.04 Å². The highest BCUT2D eigenvalue weighted by molar-refractivity contribution is 9.10. The predicted octanol–water partition coefficient (Wildman–Crippen LogP) is 2.85. The number of nitrogens with zero attached hydrogens (tertiary/aromatic N) is 3. The fraction of sp³-hybridized carbons (Fsp3) is 0.250. The Labute approximate surface area is 128 Å². The molecule has 0 aliphatic rings. The van der Waals surface area contributed by atoms with Gasteiger partial charge in [0.1, 0.15) is 5.82 Å². The van der Waals surface area contributed by atoms with Gasteiger partial charge in [-0.15, -0.1) is 0 Å². The van der Waals surface area contributed by atoms with E-state index in [1.165, 1.54) is 18.2 Å². The average molecular weight is 358 g/mol. The van der Waals surface area contributed by atoms with Crippen LogP contribution >= 0.6 is 15.9 Å². The van der Waals surface area contributed by atoms with Gasteiger partial charge in [-0.3, -0.25) is 10.7 Å². The van der Waals surface area contributed by atoms with E-state index in [9.17, 15) is 9.60 Å². The molecule has 0 amide bonds. The minimum atomic E-state index is -0.405. The van der Waals surface area contributed by atoms with Crippen molar-refractivity contribution in [2.45, 2.75) is 19.9 Å². The molecule has 0 atom stereocenters. The minimum absolute atomic E-state index is 0.0258. The molecule has 0 spiro atoms. The molecule has 1 aromatic heterocycles. The Kier molecular flexibility index (Phi) is 4.86. The van der Waals surface area contributed by atoms with Crippen molar-refractivity contribution >= 4 is 33.3 Å². The Balaban J connectivity index is 2.36. The number of halogens is 2. The van der Waals surface area contributed by atoms with Crippen molar-refractivity contribution in [3.8, 4) is 0 Å². The van der Waals surface area contributed by atoms with E-state index in [0.29, 0.717) is 11.5 Å². The lowest BCUT2D eigenvalue weighted by molar-refractivity contribution is 0.234. The average Bonchev–Trinajstić information content (AvgIpc) is 2.87. The van der Waals surface area contributed by atoms with Gasteiger partial charge < -0.3 is 5.32 Å². The van der Waals surface area contributed by atoms with Crippen molar-refractivity contribution in [1.29, 1.82) is 0 Å². The number of rotatable bonds is 4. The Morgan fingerprint density at radius 3 is 2.81 bits per heavy atom. The molecule has 7 nitrogen and oxygen atoms in total. The summed E-state index contributed by atoms with van der Waals surface area (Å²) < 4.78 is 18.1. The smallest absolute Gasteiger partial charge is 0.202 e. The van der Waals surface area contributed by atoms with Crippen molar-refractivity contribution in [3.05, 3.63) is 34.2 Å². The second-order valence-electron chi connectivity index (χ2n) is 4.43. The Morgan fingerprint density at radius 2 is 2.19 bits per heavy atom. The molecule has 0 saturated carbocycles. The molecule has 0 unspecified atom stereocenters. The van der Waals surface area contributed by atoms with Gasteiger partial charge in [-0.25, -0.2) is 14.0 Å². The first-order valence-corrected chi connectivity index (χ1v) is 6.84. The maximum atomic E-state index is 13.2. The minimum Gasteiger partial charge on any atom is -0.363 e. The van der Waals surface area contributed by atoms with Gasteiger partial charge in [0.05, 0.1) is 10.2 Å². The summed E-state index contributed by atoms with van der Waals surface area (Å²) in [5, 5.41) is 19.6. The standard InChI is InChI=1S/C12H13BrFN5O2/c1-6(2)15-12-10(18-21-19-12)11(17-20)16-7-3-4-9(14)8(13)5-7/h3-6,20H,1-2H3,(H,15,19)(H,16,17). The molecule has 3 N–H and O–H groups in total. The highest BCUT2D eigenvalue weighted by atomic mass is 79.9. The van der Waals surface area contributed by atoms with Crippen LogP contribution in [-0.2, 0) is 0 Å². The van der Waals surface area contributed by atoms with Gasteiger partial charge in [-0.05, 0) is 58.3 Å². The zero-order chi connectivity index (χ0) is 15.4. The Morgan fingerprint density at radius 1 is 1.43 bits per heavy atom. The maximum absolute atomic E-state index is 13.2. The summed E-state index contributed by atoms with van der Waals surface area (Å²) in [5.74, 6) is -0.0397. The van der Waals surface area contributed by atoms with Crippen molar-refractivity contribution in [2.75, 3.05) is 5.32 Å². The molecule has 1 heterocycles. The number of hydrogen-bond acceptors (Lipinski definition) is 6. The molecule has 0 aliphatic carbocycles. The molecule has 1 aromatic carbocycles. The quantitative estimate of drug-likeness (QED) is 0.442. The van der Waals surface area contributed by atoms with Crippen molar-refractivity contribution in [2.24, 2.45) is 4.99 Å². The summed E-state index contributed by atoms with van der Waals surface area (Å²) in [6.45, 7) is 3.83. The number of nitrogens with one attached hydrogen (secondary N) is 2. The highest BCUT2D eigenvalue weighted by Gasteiger charge is 2.17. The lowest BCUT2D eigenvalue weighted by Gasteiger charge is -2.08. The van der Waals surface area contributed by atoms with Gasteiger partial charge in [0.25, 0.3) is 0 Å². The van der Waals surface area contributed by atoms with Crippen LogP contribution in [0.4, 0.5) is 15.9 Å². The van der Waals surface area contributed by atoms with Gasteiger partial charge >= 0.3 is 0 Å². The number of amidine groups is 1. The molecule has 21 heavy (non-hydrogen) atoms. The van der Waals surface area contributed by atoms with Crippen molar-refractivity contribution < 1.29 is 14.2 Å². The number of aromatic nitrogens is 2. The van der Waals surface area contributed by atoms with Gasteiger partial charge in [-0.2, -0.15) is 0 Å². The van der Waals surface area contributed by atoms with Crippen LogP contribution in [0.2, 0.25) is 0 Å². The molecule has 0 bridgehead atoms. The van der Waals surface area contributed by atoms with Gasteiger partial charge in [0.2, 0.25) is 5.82 Å². The number of hydrogen-bond donors (Lipinski definition) is 3. The van der Waals surface area contributed by atoms with Crippen LogP contribution in [-0.4, -0.2) is 27.4 Å². The number of aliphatic imine (C=N–C) groups is 1. The zero-order valence-electron chi connectivity index (χ0n) is 11.3. The van der Waals surface area contributed by atoms with Crippen LogP contribution in [0, 0.1) is 5.82 Å². The first-order valence-electron chi connectivity index (χ1n) is 6.04. The lowest BCUT2D eigenvalue weighted by atomic mass is 10.3.